The number of nitrogens with one attached hydrogen (secondary N) is 1. The summed E-state index contributed by atoms with van der Waals surface area (Å²) in [6, 6.07) is 0.362. The smallest absolute Gasteiger partial charge is 0.323 e. The monoisotopic (exact) mass is 362 g/mol. The highest BCUT2D eigenvalue weighted by molar-refractivity contribution is 7.14. The Bertz CT molecular complexity index is 645. The summed E-state index contributed by atoms with van der Waals surface area (Å²) in [6.45, 7) is 2.32. The van der Waals surface area contributed by atoms with Gasteiger partial charge >= 0.3 is 6.03 Å². The molecule has 1 N–H and O–H groups in total. The lowest BCUT2D eigenvalue weighted by Crippen LogP contribution is -2.50. The highest BCUT2D eigenvalue weighted by Gasteiger charge is 2.35. The van der Waals surface area contributed by atoms with Crippen LogP contribution in [0.1, 0.15) is 50.6 Å². The van der Waals surface area contributed by atoms with Gasteiger partial charge in [-0.3, -0.25) is 9.69 Å². The summed E-state index contributed by atoms with van der Waals surface area (Å²) in [6.07, 6.45) is 8.69. The van der Waals surface area contributed by atoms with E-state index in [1.165, 1.54) is 37.0 Å². The lowest BCUT2D eigenvalue weighted by Gasteiger charge is -2.44. The lowest BCUT2D eigenvalue weighted by atomic mass is 9.78. The maximum atomic E-state index is 12.9. The molecule has 2 atom stereocenters. The van der Waals surface area contributed by atoms with Crippen molar-refractivity contribution >= 4 is 28.4 Å². The van der Waals surface area contributed by atoms with Gasteiger partial charge in [0.2, 0.25) is 5.91 Å². The van der Waals surface area contributed by atoms with Crippen molar-refractivity contribution in [3.63, 3.8) is 0 Å². The molecule has 2 saturated heterocycles. The van der Waals surface area contributed by atoms with Gasteiger partial charge in [0, 0.05) is 31.1 Å². The quantitative estimate of drug-likeness (QED) is 0.899. The molecule has 6 nitrogen and oxygen atoms in total. The van der Waals surface area contributed by atoms with Crippen molar-refractivity contribution < 1.29 is 9.59 Å². The van der Waals surface area contributed by atoms with Crippen molar-refractivity contribution in [2.45, 2.75) is 57.4 Å². The molecule has 1 aliphatic carbocycles. The van der Waals surface area contributed by atoms with Crippen LogP contribution < -0.4 is 10.2 Å². The van der Waals surface area contributed by atoms with Gasteiger partial charge in [0.15, 0.2) is 5.13 Å². The van der Waals surface area contributed by atoms with Gasteiger partial charge in [0.1, 0.15) is 0 Å². The van der Waals surface area contributed by atoms with Crippen LogP contribution in [0.3, 0.4) is 0 Å². The fraction of sp³-hybridized carbons (Fsp3) is 0.722. The number of carbonyl (C=O) groups excluding carboxylic acids is 2. The minimum Gasteiger partial charge on any atom is -0.339 e. The van der Waals surface area contributed by atoms with Gasteiger partial charge in [0.05, 0.1) is 12.1 Å². The molecule has 25 heavy (non-hydrogen) atoms. The van der Waals surface area contributed by atoms with E-state index in [2.05, 4.69) is 15.2 Å². The zero-order chi connectivity index (χ0) is 17.2. The minimum atomic E-state index is -0.0837. The SMILES string of the molecule is O=C1NCCCN1c1nc(CC(=O)N2CCC[C@H]3CCCC[C@H]32)cs1. The molecule has 0 aromatic carbocycles. The van der Waals surface area contributed by atoms with Crippen LogP contribution in [-0.2, 0) is 11.2 Å². The van der Waals surface area contributed by atoms with Crippen LogP contribution in [-0.4, -0.2) is 47.5 Å². The molecule has 1 aromatic rings. The number of urea groups is 1. The van der Waals surface area contributed by atoms with Crippen LogP contribution in [0.5, 0.6) is 0 Å². The van der Waals surface area contributed by atoms with E-state index in [1.807, 2.05) is 5.38 Å². The van der Waals surface area contributed by atoms with Gasteiger partial charge in [0.25, 0.3) is 0 Å². The Balaban J connectivity index is 1.41. The van der Waals surface area contributed by atoms with E-state index in [4.69, 9.17) is 0 Å². The van der Waals surface area contributed by atoms with E-state index in [9.17, 15) is 9.59 Å². The van der Waals surface area contributed by atoms with Crippen LogP contribution in [0.4, 0.5) is 9.93 Å². The summed E-state index contributed by atoms with van der Waals surface area (Å²) in [4.78, 5) is 33.2. The van der Waals surface area contributed by atoms with Crippen molar-refractivity contribution in [2.75, 3.05) is 24.5 Å². The maximum Gasteiger partial charge on any atom is 0.323 e. The van der Waals surface area contributed by atoms with Crippen molar-refractivity contribution in [3.05, 3.63) is 11.1 Å². The summed E-state index contributed by atoms with van der Waals surface area (Å²) in [5.41, 5.74) is 0.793. The van der Waals surface area contributed by atoms with E-state index >= 15 is 0 Å². The number of anilines is 1. The Morgan fingerprint density at radius 1 is 1.20 bits per heavy atom. The molecule has 3 aliphatic rings. The molecule has 0 unspecified atom stereocenters. The molecule has 2 aliphatic heterocycles. The lowest BCUT2D eigenvalue weighted by molar-refractivity contribution is -0.136. The van der Waals surface area contributed by atoms with Crippen LogP contribution in [0.25, 0.3) is 0 Å². The van der Waals surface area contributed by atoms with Gasteiger partial charge in [-0.1, -0.05) is 12.8 Å². The molecule has 3 heterocycles. The Morgan fingerprint density at radius 2 is 2.04 bits per heavy atom. The predicted octanol–water partition coefficient (Wildman–Crippen LogP) is 2.79. The molecule has 136 valence electrons. The molecular weight excluding hydrogens is 336 g/mol. The second kappa shape index (κ2) is 7.32. The Kier molecular flexibility index (Phi) is 4.92. The molecule has 0 spiro atoms. The van der Waals surface area contributed by atoms with Gasteiger partial charge in [-0.05, 0) is 38.0 Å². The standard InChI is InChI=1S/C18H26N4O2S/c23-16(21-9-3-6-13-5-1-2-7-15(13)21)11-14-12-25-18(20-14)22-10-4-8-19-17(22)24/h12-13,15H,1-11H2,(H,19,24)/t13-,15-/m1/s1. The van der Waals surface area contributed by atoms with E-state index < -0.39 is 0 Å². The number of piperidine rings is 1. The van der Waals surface area contributed by atoms with Crippen LogP contribution >= 0.6 is 11.3 Å². The molecule has 1 aromatic heterocycles. The van der Waals surface area contributed by atoms with Crippen molar-refractivity contribution in [3.8, 4) is 0 Å². The maximum absolute atomic E-state index is 12.9. The van der Waals surface area contributed by atoms with E-state index in [0.29, 0.717) is 30.1 Å². The average Bonchev–Trinajstić information content (AvgIpc) is 3.09. The van der Waals surface area contributed by atoms with Crippen LogP contribution in [0.2, 0.25) is 0 Å². The van der Waals surface area contributed by atoms with Crippen molar-refractivity contribution in [1.29, 1.82) is 0 Å². The molecule has 1 saturated carbocycles. The largest absolute Gasteiger partial charge is 0.339 e. The fourth-order valence-electron chi connectivity index (χ4n) is 4.50. The van der Waals surface area contributed by atoms with Crippen LogP contribution in [0.15, 0.2) is 5.38 Å². The molecule has 0 bridgehead atoms. The Labute approximate surface area is 152 Å². The first-order valence-electron chi connectivity index (χ1n) is 9.51. The van der Waals surface area contributed by atoms with Crippen molar-refractivity contribution in [1.82, 2.24) is 15.2 Å². The van der Waals surface area contributed by atoms with E-state index in [0.717, 1.165) is 38.0 Å². The van der Waals surface area contributed by atoms with Gasteiger partial charge < -0.3 is 10.2 Å². The Hall–Kier alpha value is -1.63. The highest BCUT2D eigenvalue weighted by atomic mass is 32.1. The van der Waals surface area contributed by atoms with Gasteiger partial charge in [-0.15, -0.1) is 11.3 Å². The number of amides is 3. The third-order valence-corrected chi connectivity index (χ3v) is 6.66. The second-order valence-electron chi connectivity index (χ2n) is 7.38. The Morgan fingerprint density at radius 3 is 2.92 bits per heavy atom. The number of aromatic nitrogens is 1. The normalized spacial score (nSPS) is 27.0. The summed E-state index contributed by atoms with van der Waals surface area (Å²) < 4.78 is 0. The zero-order valence-corrected chi connectivity index (χ0v) is 15.4. The highest BCUT2D eigenvalue weighted by Crippen LogP contribution is 2.35. The number of carbonyl (C=O) groups is 2. The van der Waals surface area contributed by atoms with Gasteiger partial charge in [-0.25, -0.2) is 9.78 Å². The van der Waals surface area contributed by atoms with Gasteiger partial charge in [-0.2, -0.15) is 0 Å². The number of hydrogen-bond acceptors (Lipinski definition) is 4. The number of thiazole rings is 1. The molecular formula is C18H26N4O2S. The molecule has 3 amide bonds. The third-order valence-electron chi connectivity index (χ3n) is 5.75. The van der Waals surface area contributed by atoms with Crippen LogP contribution in [0, 0.1) is 5.92 Å². The summed E-state index contributed by atoms with van der Waals surface area (Å²) in [5, 5.41) is 5.47. The number of likely N-dealkylation sites (tertiary alicyclic amines) is 1. The number of rotatable bonds is 3. The van der Waals surface area contributed by atoms with Crippen molar-refractivity contribution in [2.24, 2.45) is 5.92 Å². The zero-order valence-electron chi connectivity index (χ0n) is 14.6. The predicted molar refractivity (Wildman–Crippen MR) is 97.9 cm³/mol. The average molecular weight is 362 g/mol. The summed E-state index contributed by atoms with van der Waals surface area (Å²) in [7, 11) is 0. The number of fused-ring (bicyclic) bond motifs is 1. The first kappa shape index (κ1) is 16.8. The van der Waals surface area contributed by atoms with E-state index in [-0.39, 0.29) is 11.9 Å². The second-order valence-corrected chi connectivity index (χ2v) is 8.21. The summed E-state index contributed by atoms with van der Waals surface area (Å²) >= 11 is 1.45. The molecule has 7 heteroatoms. The third kappa shape index (κ3) is 3.52. The number of nitrogens with zero attached hydrogens (tertiary/aromatic N) is 3. The number of hydrogen-bond donors (Lipinski definition) is 1. The first-order valence-corrected chi connectivity index (χ1v) is 10.4. The minimum absolute atomic E-state index is 0.0837. The first-order chi connectivity index (χ1) is 12.2. The fourth-order valence-corrected chi connectivity index (χ4v) is 5.35. The van der Waals surface area contributed by atoms with E-state index in [1.54, 1.807) is 4.90 Å². The molecule has 3 fully saturated rings. The molecule has 0 radical (unpaired) electrons. The topological polar surface area (TPSA) is 65.5 Å². The molecule has 4 rings (SSSR count). The summed E-state index contributed by atoms with van der Waals surface area (Å²) in [5.74, 6) is 0.908.